The third kappa shape index (κ3) is 4.15. The van der Waals surface area contributed by atoms with Gasteiger partial charge in [-0.25, -0.2) is 21.9 Å². The molecule has 0 saturated carbocycles. The highest BCUT2D eigenvalue weighted by atomic mass is 32.2. The van der Waals surface area contributed by atoms with Crippen LogP contribution in [0.2, 0.25) is 0 Å². The van der Waals surface area contributed by atoms with Gasteiger partial charge in [0.05, 0.1) is 24.0 Å². The first-order chi connectivity index (χ1) is 14.9. The van der Waals surface area contributed by atoms with Crippen molar-refractivity contribution in [1.82, 2.24) is 20.0 Å². The summed E-state index contributed by atoms with van der Waals surface area (Å²) >= 11 is 0. The first-order valence-corrected chi connectivity index (χ1v) is 10.7. The van der Waals surface area contributed by atoms with Crippen LogP contribution < -0.4 is 4.74 Å². The Kier molecular flexibility index (Phi) is 5.47. The monoisotopic (exact) mass is 442 g/mol. The molecule has 0 spiro atoms. The molecule has 2 heterocycles. The quantitative estimate of drug-likeness (QED) is 0.454. The van der Waals surface area contributed by atoms with E-state index in [0.717, 1.165) is 16.8 Å². The van der Waals surface area contributed by atoms with Crippen molar-refractivity contribution in [3.05, 3.63) is 84.3 Å². The molecule has 0 saturated heterocycles. The SMILES string of the molecule is COc1cccc(-c2cn(-c3c(F)ccc(CS(=O)(=O)c4cccnc4)c3F)nn2)c1. The Morgan fingerprint density at radius 3 is 2.68 bits per heavy atom. The Morgan fingerprint density at radius 2 is 1.94 bits per heavy atom. The summed E-state index contributed by atoms with van der Waals surface area (Å²) in [5.41, 5.74) is 0.298. The summed E-state index contributed by atoms with van der Waals surface area (Å²) in [5.74, 6) is -2.00. The van der Waals surface area contributed by atoms with Gasteiger partial charge in [0.25, 0.3) is 0 Å². The van der Waals surface area contributed by atoms with Crippen LogP contribution >= 0.6 is 0 Å². The van der Waals surface area contributed by atoms with Crippen molar-refractivity contribution in [1.29, 1.82) is 0 Å². The Labute approximate surface area is 176 Å². The Balaban J connectivity index is 1.71. The fourth-order valence-corrected chi connectivity index (χ4v) is 4.32. The molecule has 0 atom stereocenters. The summed E-state index contributed by atoms with van der Waals surface area (Å²) in [6.07, 6.45) is 3.96. The molecule has 0 bridgehead atoms. The number of hydrogen-bond acceptors (Lipinski definition) is 6. The van der Waals surface area contributed by atoms with Gasteiger partial charge in [0.2, 0.25) is 0 Å². The van der Waals surface area contributed by atoms with Gasteiger partial charge in [-0.2, -0.15) is 0 Å². The van der Waals surface area contributed by atoms with E-state index in [0.29, 0.717) is 17.0 Å². The lowest BCUT2D eigenvalue weighted by Gasteiger charge is -2.10. The van der Waals surface area contributed by atoms with Gasteiger partial charge in [0, 0.05) is 23.5 Å². The van der Waals surface area contributed by atoms with Crippen LogP contribution in [0, 0.1) is 11.6 Å². The highest BCUT2D eigenvalue weighted by molar-refractivity contribution is 7.90. The number of pyridine rings is 1. The van der Waals surface area contributed by atoms with Crippen LogP contribution in [-0.4, -0.2) is 35.5 Å². The zero-order chi connectivity index (χ0) is 22.0. The summed E-state index contributed by atoms with van der Waals surface area (Å²) in [6, 6.07) is 11.9. The van der Waals surface area contributed by atoms with E-state index < -0.39 is 32.9 Å². The van der Waals surface area contributed by atoms with E-state index >= 15 is 4.39 Å². The number of halogens is 2. The molecule has 10 heteroatoms. The molecule has 0 aliphatic carbocycles. The van der Waals surface area contributed by atoms with E-state index in [-0.39, 0.29) is 10.5 Å². The number of rotatable bonds is 6. The second kappa shape index (κ2) is 8.23. The third-order valence-corrected chi connectivity index (χ3v) is 6.22. The molecule has 4 aromatic rings. The molecular weight excluding hydrogens is 426 g/mol. The van der Waals surface area contributed by atoms with Gasteiger partial charge >= 0.3 is 0 Å². The number of hydrogen-bond donors (Lipinski definition) is 0. The fourth-order valence-electron chi connectivity index (χ4n) is 3.01. The van der Waals surface area contributed by atoms with Crippen LogP contribution in [0.25, 0.3) is 16.9 Å². The molecule has 0 aliphatic heterocycles. The van der Waals surface area contributed by atoms with Gasteiger partial charge in [-0.15, -0.1) is 5.10 Å². The lowest BCUT2D eigenvalue weighted by atomic mass is 10.1. The molecule has 0 amide bonds. The number of sulfone groups is 1. The molecule has 0 N–H and O–H groups in total. The standard InChI is InChI=1S/C21H16F2N4O3S/c1-30-16-5-2-4-14(10-16)19-12-27(26-25-19)21-18(22)8-7-15(20(21)23)13-31(28,29)17-6-3-9-24-11-17/h2-12H,13H2,1H3. The van der Waals surface area contributed by atoms with Gasteiger partial charge in [-0.1, -0.05) is 23.4 Å². The molecule has 2 aromatic carbocycles. The summed E-state index contributed by atoms with van der Waals surface area (Å²) in [6.45, 7) is 0. The lowest BCUT2D eigenvalue weighted by molar-refractivity contribution is 0.415. The summed E-state index contributed by atoms with van der Waals surface area (Å²) < 4.78 is 61.0. The molecule has 4 rings (SSSR count). The zero-order valence-corrected chi connectivity index (χ0v) is 17.1. The largest absolute Gasteiger partial charge is 0.497 e. The van der Waals surface area contributed by atoms with Gasteiger partial charge < -0.3 is 4.74 Å². The van der Waals surface area contributed by atoms with Crippen molar-refractivity contribution in [3.8, 4) is 22.7 Å². The van der Waals surface area contributed by atoms with E-state index in [4.69, 9.17) is 4.74 Å². The predicted molar refractivity (Wildman–Crippen MR) is 108 cm³/mol. The van der Waals surface area contributed by atoms with Crippen LogP contribution in [0.3, 0.4) is 0 Å². The first-order valence-electron chi connectivity index (χ1n) is 9.06. The van der Waals surface area contributed by atoms with Gasteiger partial charge in [0.1, 0.15) is 17.1 Å². The normalized spacial score (nSPS) is 11.5. The number of aromatic nitrogens is 4. The second-order valence-corrected chi connectivity index (χ2v) is 8.59. The first kappa shape index (κ1) is 20.6. The lowest BCUT2D eigenvalue weighted by Crippen LogP contribution is -2.10. The zero-order valence-electron chi connectivity index (χ0n) is 16.2. The number of ether oxygens (including phenoxy) is 1. The van der Waals surface area contributed by atoms with Crippen LogP contribution in [0.4, 0.5) is 8.78 Å². The molecule has 31 heavy (non-hydrogen) atoms. The Morgan fingerprint density at radius 1 is 1.10 bits per heavy atom. The molecular formula is C21H16F2N4O3S. The summed E-state index contributed by atoms with van der Waals surface area (Å²) in [4.78, 5) is 3.72. The molecule has 0 unspecified atom stereocenters. The summed E-state index contributed by atoms with van der Waals surface area (Å²) in [5, 5.41) is 7.79. The highest BCUT2D eigenvalue weighted by Crippen LogP contribution is 2.27. The minimum absolute atomic E-state index is 0.0543. The number of benzene rings is 2. The van der Waals surface area contributed by atoms with Crippen LogP contribution in [0.15, 0.2) is 72.0 Å². The van der Waals surface area contributed by atoms with E-state index in [1.54, 1.807) is 24.3 Å². The van der Waals surface area contributed by atoms with Gasteiger partial charge in [0.15, 0.2) is 21.5 Å². The molecule has 2 aromatic heterocycles. The Bertz CT molecular complexity index is 1340. The minimum Gasteiger partial charge on any atom is -0.497 e. The molecule has 0 fully saturated rings. The van der Waals surface area contributed by atoms with Crippen molar-refractivity contribution in [2.24, 2.45) is 0 Å². The maximum absolute atomic E-state index is 15.2. The van der Waals surface area contributed by atoms with Crippen molar-refractivity contribution < 1.29 is 21.9 Å². The minimum atomic E-state index is -3.88. The van der Waals surface area contributed by atoms with Crippen LogP contribution in [0.5, 0.6) is 5.75 Å². The van der Waals surface area contributed by atoms with Gasteiger partial charge in [-0.3, -0.25) is 4.98 Å². The van der Waals surface area contributed by atoms with Crippen LogP contribution in [0.1, 0.15) is 5.56 Å². The van der Waals surface area contributed by atoms with Crippen molar-refractivity contribution in [2.75, 3.05) is 7.11 Å². The second-order valence-electron chi connectivity index (χ2n) is 6.60. The fraction of sp³-hybridized carbons (Fsp3) is 0.0952. The van der Waals surface area contributed by atoms with Crippen molar-refractivity contribution in [2.45, 2.75) is 10.6 Å². The van der Waals surface area contributed by atoms with E-state index in [1.807, 2.05) is 0 Å². The Hall–Kier alpha value is -3.66. The maximum atomic E-state index is 15.2. The molecule has 0 radical (unpaired) electrons. The van der Waals surface area contributed by atoms with E-state index in [1.165, 1.54) is 37.8 Å². The summed E-state index contributed by atoms with van der Waals surface area (Å²) in [7, 11) is -2.36. The van der Waals surface area contributed by atoms with E-state index in [9.17, 15) is 12.8 Å². The average molecular weight is 442 g/mol. The van der Waals surface area contributed by atoms with Crippen molar-refractivity contribution >= 4 is 9.84 Å². The molecule has 0 aliphatic rings. The molecule has 158 valence electrons. The maximum Gasteiger partial charge on any atom is 0.184 e. The third-order valence-electron chi connectivity index (χ3n) is 4.57. The van der Waals surface area contributed by atoms with Crippen molar-refractivity contribution in [3.63, 3.8) is 0 Å². The number of methoxy groups -OCH3 is 1. The highest BCUT2D eigenvalue weighted by Gasteiger charge is 2.23. The molecule has 7 nitrogen and oxygen atoms in total. The average Bonchev–Trinajstić information content (AvgIpc) is 3.26. The number of nitrogens with zero attached hydrogens (tertiary/aromatic N) is 4. The smallest absolute Gasteiger partial charge is 0.184 e. The topological polar surface area (TPSA) is 87.0 Å². The predicted octanol–water partition coefficient (Wildman–Crippen LogP) is 3.59. The van der Waals surface area contributed by atoms with Crippen LogP contribution in [-0.2, 0) is 15.6 Å². The van der Waals surface area contributed by atoms with Gasteiger partial charge in [-0.05, 0) is 30.3 Å². The van der Waals surface area contributed by atoms with E-state index in [2.05, 4.69) is 15.3 Å².